The molecule has 0 bridgehead atoms. The summed E-state index contributed by atoms with van der Waals surface area (Å²) in [7, 11) is 0. The van der Waals surface area contributed by atoms with Crippen molar-refractivity contribution in [3.05, 3.63) is 29.3 Å². The molecule has 1 aromatic heterocycles. The van der Waals surface area contributed by atoms with Crippen molar-refractivity contribution in [1.29, 1.82) is 0 Å². The minimum absolute atomic E-state index is 0.160. The number of nitrogens with two attached hydrogens (primary N) is 1. The minimum atomic E-state index is -0.496. The Morgan fingerprint density at radius 2 is 2.42 bits per heavy atom. The highest BCUT2D eigenvalue weighted by molar-refractivity contribution is 5.20. The molecule has 4 heteroatoms. The number of aromatic nitrogens is 1. The maximum atomic E-state index is 12.7. The van der Waals surface area contributed by atoms with E-state index in [2.05, 4.69) is 4.98 Å². The molecule has 0 aliphatic rings. The number of aryl methyl sites for hydroxylation is 1. The molecule has 1 unspecified atom stereocenters. The second kappa shape index (κ2) is 3.60. The highest BCUT2D eigenvalue weighted by Gasteiger charge is 2.06. The van der Waals surface area contributed by atoms with Crippen LogP contribution < -0.4 is 5.73 Å². The monoisotopic (exact) mass is 170 g/mol. The van der Waals surface area contributed by atoms with Gasteiger partial charge in [-0.1, -0.05) is 0 Å². The number of halogens is 1. The highest BCUT2D eigenvalue weighted by atomic mass is 19.1. The van der Waals surface area contributed by atoms with Crippen molar-refractivity contribution in [2.75, 3.05) is 6.61 Å². The van der Waals surface area contributed by atoms with Gasteiger partial charge in [0.1, 0.15) is 0 Å². The molecule has 3 nitrogen and oxygen atoms in total. The fourth-order valence-corrected chi connectivity index (χ4v) is 0.888. The van der Waals surface area contributed by atoms with Crippen molar-refractivity contribution in [1.82, 2.24) is 4.98 Å². The first-order chi connectivity index (χ1) is 5.65. The van der Waals surface area contributed by atoms with Crippen LogP contribution in [-0.4, -0.2) is 16.7 Å². The zero-order chi connectivity index (χ0) is 9.14. The molecule has 1 atom stereocenters. The van der Waals surface area contributed by atoms with Crippen LogP contribution in [0.1, 0.15) is 17.2 Å². The van der Waals surface area contributed by atoms with Crippen LogP contribution in [0.3, 0.4) is 0 Å². The number of hydrogen-bond donors (Lipinski definition) is 2. The van der Waals surface area contributed by atoms with E-state index in [0.29, 0.717) is 11.1 Å². The van der Waals surface area contributed by atoms with Gasteiger partial charge in [0, 0.05) is 11.8 Å². The third kappa shape index (κ3) is 1.78. The summed E-state index contributed by atoms with van der Waals surface area (Å²) in [5, 5.41) is 8.70. The smallest absolute Gasteiger partial charge is 0.215 e. The third-order valence-corrected chi connectivity index (χ3v) is 1.66. The van der Waals surface area contributed by atoms with Crippen molar-refractivity contribution < 1.29 is 9.50 Å². The average molecular weight is 170 g/mol. The number of rotatable bonds is 2. The van der Waals surface area contributed by atoms with E-state index in [1.807, 2.05) is 0 Å². The zero-order valence-corrected chi connectivity index (χ0v) is 6.79. The van der Waals surface area contributed by atoms with E-state index in [0.717, 1.165) is 0 Å². The van der Waals surface area contributed by atoms with Gasteiger partial charge in [0.2, 0.25) is 5.95 Å². The highest BCUT2D eigenvalue weighted by Crippen LogP contribution is 2.11. The lowest BCUT2D eigenvalue weighted by Gasteiger charge is -2.08. The zero-order valence-electron chi connectivity index (χ0n) is 6.79. The minimum Gasteiger partial charge on any atom is -0.394 e. The number of hydrogen-bond acceptors (Lipinski definition) is 3. The van der Waals surface area contributed by atoms with Crippen LogP contribution in [0.2, 0.25) is 0 Å². The molecule has 0 amide bonds. The molecular formula is C8H11FN2O. The van der Waals surface area contributed by atoms with Crippen molar-refractivity contribution in [2.45, 2.75) is 13.0 Å². The predicted molar refractivity (Wildman–Crippen MR) is 42.9 cm³/mol. The van der Waals surface area contributed by atoms with E-state index in [1.165, 1.54) is 6.20 Å². The normalized spacial score (nSPS) is 13.0. The molecule has 3 N–H and O–H groups in total. The van der Waals surface area contributed by atoms with E-state index < -0.39 is 12.0 Å². The Morgan fingerprint density at radius 1 is 1.75 bits per heavy atom. The van der Waals surface area contributed by atoms with Crippen molar-refractivity contribution >= 4 is 0 Å². The summed E-state index contributed by atoms with van der Waals surface area (Å²) in [6.45, 7) is 1.45. The lowest BCUT2D eigenvalue weighted by molar-refractivity contribution is 0.267. The summed E-state index contributed by atoms with van der Waals surface area (Å²) in [6.07, 6.45) is 1.34. The number of aliphatic hydroxyl groups excluding tert-OH is 1. The summed E-state index contributed by atoms with van der Waals surface area (Å²) < 4.78 is 12.7. The number of aliphatic hydroxyl groups is 1. The van der Waals surface area contributed by atoms with Crippen LogP contribution in [0.15, 0.2) is 12.3 Å². The molecule has 12 heavy (non-hydrogen) atoms. The van der Waals surface area contributed by atoms with Crippen LogP contribution in [0.5, 0.6) is 0 Å². The van der Waals surface area contributed by atoms with Crippen LogP contribution >= 0.6 is 0 Å². The first kappa shape index (κ1) is 9.09. The molecule has 1 rings (SSSR count). The summed E-state index contributed by atoms with van der Waals surface area (Å²) in [4.78, 5) is 3.49. The van der Waals surface area contributed by atoms with Gasteiger partial charge in [-0.3, -0.25) is 0 Å². The second-order valence-corrected chi connectivity index (χ2v) is 2.67. The van der Waals surface area contributed by atoms with E-state index >= 15 is 0 Å². The number of nitrogens with zero attached hydrogens (tertiary/aromatic N) is 1. The van der Waals surface area contributed by atoms with Crippen LogP contribution in [0, 0.1) is 12.9 Å². The lowest BCUT2D eigenvalue weighted by Crippen LogP contribution is -2.15. The average Bonchev–Trinajstić information content (AvgIpc) is 2.08. The SMILES string of the molecule is Cc1cc(C(N)CO)cnc1F. The lowest BCUT2D eigenvalue weighted by atomic mass is 10.1. The van der Waals surface area contributed by atoms with E-state index in [1.54, 1.807) is 13.0 Å². The van der Waals surface area contributed by atoms with Gasteiger partial charge >= 0.3 is 0 Å². The summed E-state index contributed by atoms with van der Waals surface area (Å²) in [6, 6.07) is 1.11. The Bertz CT molecular complexity index is 278. The Labute approximate surface area is 70.0 Å². The summed E-state index contributed by atoms with van der Waals surface area (Å²) in [5.41, 5.74) is 6.59. The topological polar surface area (TPSA) is 59.1 Å². The van der Waals surface area contributed by atoms with E-state index in [9.17, 15) is 4.39 Å². The molecule has 0 aromatic carbocycles. The first-order valence-electron chi connectivity index (χ1n) is 3.63. The third-order valence-electron chi connectivity index (χ3n) is 1.66. The molecule has 1 heterocycles. The quantitative estimate of drug-likeness (QED) is 0.636. The van der Waals surface area contributed by atoms with Crippen molar-refractivity contribution in [3.63, 3.8) is 0 Å². The first-order valence-corrected chi connectivity index (χ1v) is 3.63. The second-order valence-electron chi connectivity index (χ2n) is 2.67. The summed E-state index contributed by atoms with van der Waals surface area (Å²) >= 11 is 0. The summed E-state index contributed by atoms with van der Waals surface area (Å²) in [5.74, 6) is -0.496. The molecule has 66 valence electrons. The predicted octanol–water partition coefficient (Wildman–Crippen LogP) is 0.521. The van der Waals surface area contributed by atoms with E-state index in [-0.39, 0.29) is 6.61 Å². The fourth-order valence-electron chi connectivity index (χ4n) is 0.888. The Hall–Kier alpha value is -1.00. The van der Waals surface area contributed by atoms with Crippen molar-refractivity contribution in [3.8, 4) is 0 Å². The Balaban J connectivity index is 2.96. The molecular weight excluding hydrogens is 159 g/mol. The van der Waals surface area contributed by atoms with Gasteiger partial charge in [-0.2, -0.15) is 4.39 Å². The van der Waals surface area contributed by atoms with Crippen LogP contribution in [0.25, 0.3) is 0 Å². The molecule has 0 aliphatic heterocycles. The maximum Gasteiger partial charge on any atom is 0.215 e. The standard InChI is InChI=1S/C8H11FN2O/c1-5-2-6(7(10)4-12)3-11-8(5)9/h2-3,7,12H,4,10H2,1H3. The van der Waals surface area contributed by atoms with Crippen LogP contribution in [-0.2, 0) is 0 Å². The van der Waals surface area contributed by atoms with Gasteiger partial charge in [0.05, 0.1) is 12.6 Å². The van der Waals surface area contributed by atoms with Gasteiger partial charge in [0.25, 0.3) is 0 Å². The van der Waals surface area contributed by atoms with E-state index in [4.69, 9.17) is 10.8 Å². The van der Waals surface area contributed by atoms with Gasteiger partial charge < -0.3 is 10.8 Å². The molecule has 0 saturated carbocycles. The molecule has 0 spiro atoms. The van der Waals surface area contributed by atoms with Gasteiger partial charge in [-0.15, -0.1) is 0 Å². The maximum absolute atomic E-state index is 12.7. The van der Waals surface area contributed by atoms with Crippen LogP contribution in [0.4, 0.5) is 4.39 Å². The van der Waals surface area contributed by atoms with Crippen molar-refractivity contribution in [2.24, 2.45) is 5.73 Å². The molecule has 0 saturated heterocycles. The largest absolute Gasteiger partial charge is 0.394 e. The molecule has 0 radical (unpaired) electrons. The Morgan fingerprint density at radius 3 is 2.92 bits per heavy atom. The van der Waals surface area contributed by atoms with Gasteiger partial charge in [-0.25, -0.2) is 4.98 Å². The molecule has 0 aliphatic carbocycles. The van der Waals surface area contributed by atoms with Gasteiger partial charge in [-0.05, 0) is 18.6 Å². The Kier molecular flexibility index (Phi) is 2.73. The van der Waals surface area contributed by atoms with Gasteiger partial charge in [0.15, 0.2) is 0 Å². The fraction of sp³-hybridized carbons (Fsp3) is 0.375. The molecule has 0 fully saturated rings. The molecule has 1 aromatic rings. The number of pyridine rings is 1.